The average Bonchev–Trinajstić information content (AvgIpc) is 2.39. The summed E-state index contributed by atoms with van der Waals surface area (Å²) in [7, 11) is -3.70. The van der Waals surface area contributed by atoms with Gasteiger partial charge in [0.1, 0.15) is 0 Å². The number of rotatable bonds is 7. The highest BCUT2D eigenvalue weighted by molar-refractivity contribution is 7.89. The van der Waals surface area contributed by atoms with Gasteiger partial charge in [-0.25, -0.2) is 13.1 Å². The summed E-state index contributed by atoms with van der Waals surface area (Å²) in [6.45, 7) is 4.55. The van der Waals surface area contributed by atoms with Crippen LogP contribution in [0.1, 0.15) is 20.3 Å². The standard InChI is InChI=1S/C13H20ClN3O3S/c1-9(2)8-16-13(18)5-6-17-21(19,20)10-3-4-11(14)12(15)7-10/h3-4,7,9,17H,5-6,8,15H2,1-2H3,(H,16,18). The molecule has 1 aromatic rings. The Morgan fingerprint density at radius 1 is 1.38 bits per heavy atom. The molecule has 0 fully saturated rings. The van der Waals surface area contributed by atoms with Gasteiger partial charge in [-0.2, -0.15) is 0 Å². The molecule has 1 rings (SSSR count). The van der Waals surface area contributed by atoms with Crippen LogP contribution in [0.5, 0.6) is 0 Å². The van der Waals surface area contributed by atoms with Gasteiger partial charge in [0.15, 0.2) is 0 Å². The summed E-state index contributed by atoms with van der Waals surface area (Å²) >= 11 is 5.74. The first-order valence-corrected chi connectivity index (χ1v) is 8.40. The van der Waals surface area contributed by atoms with E-state index < -0.39 is 10.0 Å². The fourth-order valence-electron chi connectivity index (χ4n) is 1.48. The van der Waals surface area contributed by atoms with Gasteiger partial charge in [-0.05, 0) is 24.1 Å². The smallest absolute Gasteiger partial charge is 0.240 e. The summed E-state index contributed by atoms with van der Waals surface area (Å²) in [6, 6.07) is 4.06. The summed E-state index contributed by atoms with van der Waals surface area (Å²) in [5.74, 6) is 0.157. The highest BCUT2D eigenvalue weighted by Crippen LogP contribution is 2.21. The molecule has 0 spiro atoms. The lowest BCUT2D eigenvalue weighted by atomic mass is 10.2. The van der Waals surface area contributed by atoms with E-state index in [0.29, 0.717) is 17.5 Å². The van der Waals surface area contributed by atoms with Crippen LogP contribution in [0.3, 0.4) is 0 Å². The minimum atomic E-state index is -3.70. The molecule has 0 saturated carbocycles. The van der Waals surface area contributed by atoms with Gasteiger partial charge in [0.25, 0.3) is 0 Å². The predicted molar refractivity (Wildman–Crippen MR) is 83.5 cm³/mol. The number of carbonyl (C=O) groups is 1. The maximum Gasteiger partial charge on any atom is 0.240 e. The van der Waals surface area contributed by atoms with E-state index in [1.165, 1.54) is 18.2 Å². The van der Waals surface area contributed by atoms with Crippen molar-refractivity contribution in [1.82, 2.24) is 10.0 Å². The minimum absolute atomic E-state index is 0.0204. The molecule has 4 N–H and O–H groups in total. The molecule has 0 aliphatic heterocycles. The number of hydrogen-bond acceptors (Lipinski definition) is 4. The Labute approximate surface area is 130 Å². The molecule has 0 aliphatic rings. The third kappa shape index (κ3) is 5.91. The number of carbonyl (C=O) groups excluding carboxylic acids is 1. The van der Waals surface area contributed by atoms with E-state index >= 15 is 0 Å². The second-order valence-corrected chi connectivity index (χ2v) is 7.20. The van der Waals surface area contributed by atoms with Crippen molar-refractivity contribution < 1.29 is 13.2 Å². The van der Waals surface area contributed by atoms with Crippen LogP contribution in [0.15, 0.2) is 23.1 Å². The quantitative estimate of drug-likeness (QED) is 0.656. The number of sulfonamides is 1. The van der Waals surface area contributed by atoms with Crippen molar-refractivity contribution >= 4 is 33.2 Å². The Bertz CT molecular complexity index is 603. The van der Waals surface area contributed by atoms with Crippen LogP contribution >= 0.6 is 11.6 Å². The topological polar surface area (TPSA) is 101 Å². The average molecular weight is 334 g/mol. The van der Waals surface area contributed by atoms with E-state index in [1.54, 1.807) is 0 Å². The first-order chi connectivity index (χ1) is 9.72. The molecule has 1 aromatic carbocycles. The number of halogens is 1. The second kappa shape index (κ2) is 7.63. The number of benzene rings is 1. The highest BCUT2D eigenvalue weighted by atomic mass is 35.5. The number of nitrogens with one attached hydrogen (secondary N) is 2. The first-order valence-electron chi connectivity index (χ1n) is 6.54. The van der Waals surface area contributed by atoms with Gasteiger partial charge >= 0.3 is 0 Å². The number of amides is 1. The van der Waals surface area contributed by atoms with Gasteiger partial charge in [0.05, 0.1) is 15.6 Å². The third-order valence-electron chi connectivity index (χ3n) is 2.63. The van der Waals surface area contributed by atoms with Crippen LogP contribution in [-0.2, 0) is 14.8 Å². The zero-order valence-electron chi connectivity index (χ0n) is 12.0. The molecule has 0 heterocycles. The predicted octanol–water partition coefficient (Wildman–Crippen LogP) is 1.36. The fraction of sp³-hybridized carbons (Fsp3) is 0.462. The van der Waals surface area contributed by atoms with E-state index in [1.807, 2.05) is 13.8 Å². The third-order valence-corrected chi connectivity index (χ3v) is 4.43. The van der Waals surface area contributed by atoms with E-state index in [4.69, 9.17) is 17.3 Å². The maximum atomic E-state index is 12.0. The minimum Gasteiger partial charge on any atom is -0.397 e. The number of hydrogen-bond donors (Lipinski definition) is 3. The maximum absolute atomic E-state index is 12.0. The molecule has 118 valence electrons. The molecule has 6 nitrogen and oxygen atoms in total. The molecule has 1 amide bonds. The van der Waals surface area contributed by atoms with Crippen LogP contribution in [0.4, 0.5) is 5.69 Å². The van der Waals surface area contributed by atoms with E-state index in [0.717, 1.165) is 0 Å². The van der Waals surface area contributed by atoms with E-state index in [9.17, 15) is 13.2 Å². The summed E-state index contributed by atoms with van der Waals surface area (Å²) in [6.07, 6.45) is 0.0784. The van der Waals surface area contributed by atoms with Crippen molar-refractivity contribution in [2.24, 2.45) is 5.92 Å². The summed E-state index contributed by atoms with van der Waals surface area (Å²) in [5.41, 5.74) is 5.76. The van der Waals surface area contributed by atoms with Crippen LogP contribution in [-0.4, -0.2) is 27.4 Å². The Morgan fingerprint density at radius 2 is 2.05 bits per heavy atom. The SMILES string of the molecule is CC(C)CNC(=O)CCNS(=O)(=O)c1ccc(Cl)c(N)c1. The van der Waals surface area contributed by atoms with Crippen LogP contribution in [0.25, 0.3) is 0 Å². The van der Waals surface area contributed by atoms with E-state index in [-0.39, 0.29) is 29.5 Å². The van der Waals surface area contributed by atoms with Crippen molar-refractivity contribution in [3.63, 3.8) is 0 Å². The molecule has 0 aliphatic carbocycles. The lowest BCUT2D eigenvalue weighted by Crippen LogP contribution is -2.32. The number of anilines is 1. The number of nitrogens with two attached hydrogens (primary N) is 1. The van der Waals surface area contributed by atoms with Gasteiger partial charge < -0.3 is 11.1 Å². The molecular weight excluding hydrogens is 314 g/mol. The monoisotopic (exact) mass is 333 g/mol. The van der Waals surface area contributed by atoms with Gasteiger partial charge in [-0.15, -0.1) is 0 Å². The zero-order valence-corrected chi connectivity index (χ0v) is 13.6. The molecule has 0 unspecified atom stereocenters. The van der Waals surface area contributed by atoms with Crippen molar-refractivity contribution in [3.8, 4) is 0 Å². The molecule has 0 radical (unpaired) electrons. The zero-order chi connectivity index (χ0) is 16.0. The van der Waals surface area contributed by atoms with Crippen LogP contribution < -0.4 is 15.8 Å². The molecule has 0 aromatic heterocycles. The highest BCUT2D eigenvalue weighted by Gasteiger charge is 2.15. The van der Waals surface area contributed by atoms with Crippen LogP contribution in [0, 0.1) is 5.92 Å². The summed E-state index contributed by atoms with van der Waals surface area (Å²) in [5, 5.41) is 3.01. The normalized spacial score (nSPS) is 11.6. The van der Waals surface area contributed by atoms with Gasteiger partial charge in [0, 0.05) is 19.5 Å². The summed E-state index contributed by atoms with van der Waals surface area (Å²) < 4.78 is 26.4. The van der Waals surface area contributed by atoms with Crippen molar-refractivity contribution in [1.29, 1.82) is 0 Å². The Balaban J connectivity index is 2.53. The molecule has 8 heteroatoms. The Hall–Kier alpha value is -1.31. The van der Waals surface area contributed by atoms with Crippen LogP contribution in [0.2, 0.25) is 5.02 Å². The largest absolute Gasteiger partial charge is 0.397 e. The molecule has 0 bridgehead atoms. The molecule has 0 saturated heterocycles. The fourth-order valence-corrected chi connectivity index (χ4v) is 2.66. The van der Waals surface area contributed by atoms with E-state index in [2.05, 4.69) is 10.0 Å². The lowest BCUT2D eigenvalue weighted by Gasteiger charge is -2.09. The Kier molecular flexibility index (Phi) is 6.44. The van der Waals surface area contributed by atoms with Gasteiger partial charge in [-0.1, -0.05) is 25.4 Å². The number of nitrogen functional groups attached to an aromatic ring is 1. The Morgan fingerprint density at radius 3 is 2.62 bits per heavy atom. The molecule has 21 heavy (non-hydrogen) atoms. The summed E-state index contributed by atoms with van der Waals surface area (Å²) in [4.78, 5) is 11.5. The second-order valence-electron chi connectivity index (χ2n) is 5.03. The van der Waals surface area contributed by atoms with Crippen molar-refractivity contribution in [2.45, 2.75) is 25.2 Å². The first kappa shape index (κ1) is 17.7. The molecule has 0 atom stereocenters. The lowest BCUT2D eigenvalue weighted by molar-refractivity contribution is -0.121. The van der Waals surface area contributed by atoms with Crippen molar-refractivity contribution in [2.75, 3.05) is 18.8 Å². The van der Waals surface area contributed by atoms with Gasteiger partial charge in [-0.3, -0.25) is 4.79 Å². The van der Waals surface area contributed by atoms with Gasteiger partial charge in [0.2, 0.25) is 15.9 Å². The molecular formula is C13H20ClN3O3S. The van der Waals surface area contributed by atoms with Crippen molar-refractivity contribution in [3.05, 3.63) is 23.2 Å².